The summed E-state index contributed by atoms with van der Waals surface area (Å²) in [6.45, 7) is 2.96. The molecule has 1 aliphatic heterocycles. The fraction of sp³-hybridized carbons (Fsp3) is 0.471. The molecule has 1 fully saturated rings. The molecule has 1 aromatic carbocycles. The van der Waals surface area contributed by atoms with Crippen LogP contribution in [0.2, 0.25) is 0 Å². The third-order valence-corrected chi connectivity index (χ3v) is 3.93. The molecular weight excluding hydrogens is 266 g/mol. The van der Waals surface area contributed by atoms with Gasteiger partial charge >= 0.3 is 0 Å². The van der Waals surface area contributed by atoms with Gasteiger partial charge in [-0.1, -0.05) is 0 Å². The molecule has 114 valence electrons. The molecule has 2 rings (SSSR count). The van der Waals surface area contributed by atoms with Crippen molar-refractivity contribution in [2.45, 2.75) is 32.2 Å². The van der Waals surface area contributed by atoms with Crippen LogP contribution in [0.4, 0.5) is 0 Å². The van der Waals surface area contributed by atoms with Crippen LogP contribution in [-0.2, 0) is 4.79 Å². The molecule has 21 heavy (non-hydrogen) atoms. The van der Waals surface area contributed by atoms with Gasteiger partial charge in [-0.05, 0) is 44.4 Å². The molecule has 1 amide bonds. The zero-order valence-electron chi connectivity index (χ0n) is 13.0. The van der Waals surface area contributed by atoms with E-state index in [-0.39, 0.29) is 5.91 Å². The Kier molecular flexibility index (Phi) is 5.26. The summed E-state index contributed by atoms with van der Waals surface area (Å²) in [5, 5.41) is 0. The van der Waals surface area contributed by atoms with Crippen molar-refractivity contribution in [2.75, 3.05) is 20.8 Å². The average molecular weight is 289 g/mol. The van der Waals surface area contributed by atoms with Gasteiger partial charge in [-0.3, -0.25) is 4.79 Å². The highest BCUT2D eigenvalue weighted by atomic mass is 16.5. The molecule has 0 aliphatic carbocycles. The van der Waals surface area contributed by atoms with Gasteiger partial charge in [0.15, 0.2) is 0 Å². The van der Waals surface area contributed by atoms with Gasteiger partial charge in [0.2, 0.25) is 5.91 Å². The summed E-state index contributed by atoms with van der Waals surface area (Å²) in [7, 11) is 3.23. The molecule has 0 bridgehead atoms. The van der Waals surface area contributed by atoms with E-state index in [2.05, 4.69) is 6.92 Å². The number of likely N-dealkylation sites (tertiary alicyclic amines) is 1. The molecule has 0 aromatic heterocycles. The maximum atomic E-state index is 12.3. The molecule has 0 spiro atoms. The van der Waals surface area contributed by atoms with Crippen molar-refractivity contribution >= 4 is 12.0 Å². The van der Waals surface area contributed by atoms with Gasteiger partial charge in [-0.25, -0.2) is 0 Å². The number of hydrogen-bond donors (Lipinski definition) is 0. The van der Waals surface area contributed by atoms with E-state index in [1.807, 2.05) is 29.2 Å². The van der Waals surface area contributed by atoms with Crippen LogP contribution < -0.4 is 9.47 Å². The number of piperidine rings is 1. The van der Waals surface area contributed by atoms with Crippen molar-refractivity contribution in [1.29, 1.82) is 0 Å². The van der Waals surface area contributed by atoms with Crippen LogP contribution in [0.5, 0.6) is 11.5 Å². The number of ether oxygens (including phenoxy) is 2. The van der Waals surface area contributed by atoms with Gasteiger partial charge in [-0.15, -0.1) is 0 Å². The van der Waals surface area contributed by atoms with E-state index >= 15 is 0 Å². The van der Waals surface area contributed by atoms with E-state index in [9.17, 15) is 4.79 Å². The molecule has 1 atom stereocenters. The van der Waals surface area contributed by atoms with E-state index in [0.29, 0.717) is 11.8 Å². The molecule has 1 saturated heterocycles. The summed E-state index contributed by atoms with van der Waals surface area (Å²) >= 11 is 0. The molecule has 0 radical (unpaired) electrons. The Morgan fingerprint density at radius 2 is 2.10 bits per heavy atom. The number of benzene rings is 1. The van der Waals surface area contributed by atoms with Crippen LogP contribution in [0.1, 0.15) is 31.7 Å². The van der Waals surface area contributed by atoms with E-state index in [0.717, 1.165) is 30.7 Å². The average Bonchev–Trinajstić information content (AvgIpc) is 2.52. The Morgan fingerprint density at radius 3 is 2.76 bits per heavy atom. The second-order valence-electron chi connectivity index (χ2n) is 5.32. The first-order chi connectivity index (χ1) is 10.2. The Balaban J connectivity index is 2.11. The molecule has 4 nitrogen and oxygen atoms in total. The van der Waals surface area contributed by atoms with Crippen molar-refractivity contribution in [3.05, 3.63) is 29.8 Å². The smallest absolute Gasteiger partial charge is 0.246 e. The Bertz CT molecular complexity index is 525. The maximum Gasteiger partial charge on any atom is 0.246 e. The highest BCUT2D eigenvalue weighted by Gasteiger charge is 2.21. The SMILES string of the molecule is COc1ccc(C=CC(=O)N2CCCCC2C)c(OC)c1. The lowest BCUT2D eigenvalue weighted by molar-refractivity contribution is -0.129. The minimum Gasteiger partial charge on any atom is -0.497 e. The van der Waals surface area contributed by atoms with Gasteiger partial charge in [0, 0.05) is 30.3 Å². The summed E-state index contributed by atoms with van der Waals surface area (Å²) < 4.78 is 10.5. The van der Waals surface area contributed by atoms with Gasteiger partial charge in [0.1, 0.15) is 11.5 Å². The van der Waals surface area contributed by atoms with Gasteiger partial charge < -0.3 is 14.4 Å². The normalized spacial score (nSPS) is 18.8. The number of methoxy groups -OCH3 is 2. The van der Waals surface area contributed by atoms with Crippen LogP contribution in [0.25, 0.3) is 6.08 Å². The first kappa shape index (κ1) is 15.4. The molecule has 1 heterocycles. The topological polar surface area (TPSA) is 38.8 Å². The summed E-state index contributed by atoms with van der Waals surface area (Å²) in [6, 6.07) is 5.89. The van der Waals surface area contributed by atoms with Gasteiger partial charge in [-0.2, -0.15) is 0 Å². The van der Waals surface area contributed by atoms with Crippen LogP contribution in [0, 0.1) is 0 Å². The second-order valence-corrected chi connectivity index (χ2v) is 5.32. The van der Waals surface area contributed by atoms with Gasteiger partial charge in [0.05, 0.1) is 14.2 Å². The first-order valence-corrected chi connectivity index (χ1v) is 7.36. The molecular formula is C17H23NO3. The Labute approximate surface area is 126 Å². The summed E-state index contributed by atoms with van der Waals surface area (Å²) in [5.74, 6) is 1.50. The van der Waals surface area contributed by atoms with Crippen molar-refractivity contribution in [3.63, 3.8) is 0 Å². The highest BCUT2D eigenvalue weighted by molar-refractivity contribution is 5.92. The van der Waals surface area contributed by atoms with Crippen LogP contribution in [-0.4, -0.2) is 37.6 Å². The third kappa shape index (κ3) is 3.78. The predicted molar refractivity (Wildman–Crippen MR) is 83.6 cm³/mol. The van der Waals surface area contributed by atoms with Crippen molar-refractivity contribution in [2.24, 2.45) is 0 Å². The molecule has 1 aromatic rings. The molecule has 0 N–H and O–H groups in total. The number of hydrogen-bond acceptors (Lipinski definition) is 3. The van der Waals surface area contributed by atoms with E-state index in [1.54, 1.807) is 20.3 Å². The first-order valence-electron chi connectivity index (χ1n) is 7.36. The summed E-state index contributed by atoms with van der Waals surface area (Å²) in [6.07, 6.45) is 6.83. The number of rotatable bonds is 4. The molecule has 0 saturated carbocycles. The number of nitrogens with zero attached hydrogens (tertiary/aromatic N) is 1. The summed E-state index contributed by atoms with van der Waals surface area (Å²) in [5.41, 5.74) is 0.872. The lowest BCUT2D eigenvalue weighted by Gasteiger charge is -2.32. The maximum absolute atomic E-state index is 12.3. The zero-order valence-corrected chi connectivity index (χ0v) is 13.0. The predicted octanol–water partition coefficient (Wildman–Crippen LogP) is 3.12. The Morgan fingerprint density at radius 1 is 1.29 bits per heavy atom. The molecule has 4 heteroatoms. The van der Waals surface area contributed by atoms with Crippen LogP contribution >= 0.6 is 0 Å². The highest BCUT2D eigenvalue weighted by Crippen LogP contribution is 2.26. The lowest BCUT2D eigenvalue weighted by Crippen LogP contribution is -2.41. The van der Waals surface area contributed by atoms with Crippen LogP contribution in [0.15, 0.2) is 24.3 Å². The molecule has 1 unspecified atom stereocenters. The Hall–Kier alpha value is -1.97. The minimum atomic E-state index is 0.0695. The van der Waals surface area contributed by atoms with Gasteiger partial charge in [0.25, 0.3) is 0 Å². The number of carbonyl (C=O) groups is 1. The molecule has 1 aliphatic rings. The van der Waals surface area contributed by atoms with E-state index in [1.165, 1.54) is 6.42 Å². The second kappa shape index (κ2) is 7.16. The minimum absolute atomic E-state index is 0.0695. The quantitative estimate of drug-likeness (QED) is 0.799. The fourth-order valence-corrected chi connectivity index (χ4v) is 2.64. The largest absolute Gasteiger partial charge is 0.497 e. The zero-order chi connectivity index (χ0) is 15.2. The monoisotopic (exact) mass is 289 g/mol. The number of carbonyl (C=O) groups excluding carboxylic acids is 1. The van der Waals surface area contributed by atoms with Crippen LogP contribution in [0.3, 0.4) is 0 Å². The van der Waals surface area contributed by atoms with Crippen molar-refractivity contribution in [3.8, 4) is 11.5 Å². The standard InChI is InChI=1S/C17H23NO3/c1-13-6-4-5-11-18(13)17(19)10-8-14-7-9-15(20-2)12-16(14)21-3/h7-10,12-13H,4-6,11H2,1-3H3. The third-order valence-electron chi connectivity index (χ3n) is 3.93. The summed E-state index contributed by atoms with van der Waals surface area (Å²) in [4.78, 5) is 14.2. The lowest BCUT2D eigenvalue weighted by atomic mass is 10.0. The number of amides is 1. The fourth-order valence-electron chi connectivity index (χ4n) is 2.64. The van der Waals surface area contributed by atoms with Crippen molar-refractivity contribution < 1.29 is 14.3 Å². The van der Waals surface area contributed by atoms with Crippen molar-refractivity contribution in [1.82, 2.24) is 4.90 Å². The van der Waals surface area contributed by atoms with E-state index in [4.69, 9.17) is 9.47 Å². The van der Waals surface area contributed by atoms with E-state index < -0.39 is 0 Å².